The molecular formula is C15H23BrFN. The fourth-order valence-corrected chi connectivity index (χ4v) is 2.31. The summed E-state index contributed by atoms with van der Waals surface area (Å²) in [6.45, 7) is 5.13. The van der Waals surface area contributed by atoms with Crippen LogP contribution < -0.4 is 5.32 Å². The molecule has 0 saturated heterocycles. The summed E-state index contributed by atoms with van der Waals surface area (Å²) in [4.78, 5) is 0. The first-order valence-corrected chi connectivity index (χ1v) is 7.64. The third-order valence-electron chi connectivity index (χ3n) is 3.11. The average molecular weight is 316 g/mol. The number of nitrogens with one attached hydrogen (secondary N) is 1. The molecule has 102 valence electrons. The van der Waals surface area contributed by atoms with Crippen molar-refractivity contribution < 1.29 is 4.39 Å². The van der Waals surface area contributed by atoms with Crippen LogP contribution >= 0.6 is 15.9 Å². The van der Waals surface area contributed by atoms with Crippen molar-refractivity contribution in [1.82, 2.24) is 0 Å². The second-order valence-electron chi connectivity index (χ2n) is 4.78. The fourth-order valence-electron chi connectivity index (χ4n) is 1.97. The topological polar surface area (TPSA) is 12.0 Å². The Hall–Kier alpha value is -0.570. The van der Waals surface area contributed by atoms with Gasteiger partial charge < -0.3 is 5.32 Å². The fraction of sp³-hybridized carbons (Fsp3) is 0.600. The summed E-state index contributed by atoms with van der Waals surface area (Å²) >= 11 is 3.22. The third kappa shape index (κ3) is 5.38. The highest BCUT2D eigenvalue weighted by molar-refractivity contribution is 9.10. The Morgan fingerprint density at radius 3 is 2.50 bits per heavy atom. The Labute approximate surface area is 118 Å². The van der Waals surface area contributed by atoms with Crippen molar-refractivity contribution in [2.75, 3.05) is 11.9 Å². The second kappa shape index (κ2) is 8.52. The number of anilines is 1. The minimum absolute atomic E-state index is 0.197. The van der Waals surface area contributed by atoms with Gasteiger partial charge in [0.2, 0.25) is 0 Å². The van der Waals surface area contributed by atoms with Gasteiger partial charge in [-0.05, 0) is 47.0 Å². The number of hydrogen-bond acceptors (Lipinski definition) is 1. The summed E-state index contributed by atoms with van der Waals surface area (Å²) in [6.07, 6.45) is 7.75. The van der Waals surface area contributed by atoms with Crippen LogP contribution in [0.25, 0.3) is 0 Å². The molecule has 0 heterocycles. The van der Waals surface area contributed by atoms with Crippen LogP contribution in [0.5, 0.6) is 0 Å². The number of aryl methyl sites for hydroxylation is 1. The predicted molar refractivity (Wildman–Crippen MR) is 80.7 cm³/mol. The van der Waals surface area contributed by atoms with Gasteiger partial charge in [0.1, 0.15) is 5.82 Å². The Bertz CT molecular complexity index is 366. The molecule has 0 radical (unpaired) electrons. The first kappa shape index (κ1) is 15.5. The first-order valence-electron chi connectivity index (χ1n) is 6.84. The van der Waals surface area contributed by atoms with E-state index in [1.165, 1.54) is 38.5 Å². The van der Waals surface area contributed by atoms with Crippen molar-refractivity contribution in [1.29, 1.82) is 0 Å². The maximum Gasteiger partial charge on any atom is 0.137 e. The molecule has 1 aromatic rings. The first-order chi connectivity index (χ1) is 8.65. The maximum absolute atomic E-state index is 13.2. The lowest BCUT2D eigenvalue weighted by molar-refractivity contribution is 0.615. The van der Waals surface area contributed by atoms with Gasteiger partial charge in [0.25, 0.3) is 0 Å². The Morgan fingerprint density at radius 2 is 1.78 bits per heavy atom. The lowest BCUT2D eigenvalue weighted by Gasteiger charge is -2.10. The molecule has 1 aromatic carbocycles. The second-order valence-corrected chi connectivity index (χ2v) is 5.63. The van der Waals surface area contributed by atoms with E-state index in [0.29, 0.717) is 4.47 Å². The van der Waals surface area contributed by atoms with Gasteiger partial charge in [-0.2, -0.15) is 0 Å². The van der Waals surface area contributed by atoms with Crippen LogP contribution in [-0.2, 0) is 0 Å². The van der Waals surface area contributed by atoms with Gasteiger partial charge in [0, 0.05) is 12.2 Å². The highest BCUT2D eigenvalue weighted by atomic mass is 79.9. The molecule has 0 spiro atoms. The number of unbranched alkanes of at least 4 members (excludes halogenated alkanes) is 5. The zero-order valence-electron chi connectivity index (χ0n) is 11.4. The van der Waals surface area contributed by atoms with Gasteiger partial charge in [-0.25, -0.2) is 4.39 Å². The van der Waals surface area contributed by atoms with Crippen molar-refractivity contribution >= 4 is 21.6 Å². The van der Waals surface area contributed by atoms with E-state index in [1.807, 2.05) is 13.0 Å². The molecule has 0 saturated carbocycles. The minimum Gasteiger partial charge on any atom is -0.385 e. The van der Waals surface area contributed by atoms with Crippen molar-refractivity contribution in [2.45, 2.75) is 52.4 Å². The molecule has 1 nitrogen and oxygen atoms in total. The number of hydrogen-bond donors (Lipinski definition) is 1. The highest BCUT2D eigenvalue weighted by Crippen LogP contribution is 2.24. The van der Waals surface area contributed by atoms with Gasteiger partial charge in [-0.3, -0.25) is 0 Å². The molecule has 0 aliphatic heterocycles. The third-order valence-corrected chi connectivity index (χ3v) is 3.72. The standard InChI is InChI=1S/C15H23BrFN/c1-3-4-5-6-7-8-9-18-15-11-13(16)14(17)10-12(15)2/h10-11,18H,3-9H2,1-2H3. The average Bonchev–Trinajstić information content (AvgIpc) is 2.34. The summed E-state index contributed by atoms with van der Waals surface area (Å²) in [5.74, 6) is -0.197. The van der Waals surface area contributed by atoms with Gasteiger partial charge in [-0.1, -0.05) is 39.0 Å². The van der Waals surface area contributed by atoms with Crippen molar-refractivity contribution in [2.24, 2.45) is 0 Å². The van der Waals surface area contributed by atoms with Crippen LogP contribution in [0.3, 0.4) is 0 Å². The van der Waals surface area contributed by atoms with Crippen molar-refractivity contribution in [3.63, 3.8) is 0 Å². The summed E-state index contributed by atoms with van der Waals surface area (Å²) < 4.78 is 13.8. The molecule has 0 atom stereocenters. The van der Waals surface area contributed by atoms with E-state index in [9.17, 15) is 4.39 Å². The SMILES string of the molecule is CCCCCCCCNc1cc(Br)c(F)cc1C. The predicted octanol–water partition coefficient (Wildman–Crippen LogP) is 5.67. The normalized spacial score (nSPS) is 10.7. The summed E-state index contributed by atoms with van der Waals surface area (Å²) in [5, 5.41) is 3.38. The Morgan fingerprint density at radius 1 is 1.11 bits per heavy atom. The lowest BCUT2D eigenvalue weighted by atomic mass is 10.1. The molecule has 3 heteroatoms. The van der Waals surface area contributed by atoms with E-state index in [4.69, 9.17) is 0 Å². The summed E-state index contributed by atoms with van der Waals surface area (Å²) in [7, 11) is 0. The van der Waals surface area contributed by atoms with E-state index >= 15 is 0 Å². The van der Waals surface area contributed by atoms with E-state index in [2.05, 4.69) is 28.2 Å². The quantitative estimate of drug-likeness (QED) is 0.609. The van der Waals surface area contributed by atoms with Crippen LogP contribution in [0.1, 0.15) is 51.0 Å². The van der Waals surface area contributed by atoms with Gasteiger partial charge >= 0.3 is 0 Å². The number of halogens is 2. The van der Waals surface area contributed by atoms with E-state index in [1.54, 1.807) is 6.07 Å². The van der Waals surface area contributed by atoms with Crippen LogP contribution in [0.4, 0.5) is 10.1 Å². The highest BCUT2D eigenvalue weighted by Gasteiger charge is 2.04. The summed E-state index contributed by atoms with van der Waals surface area (Å²) in [6, 6.07) is 3.38. The number of benzene rings is 1. The van der Waals surface area contributed by atoms with E-state index < -0.39 is 0 Å². The molecule has 0 aliphatic carbocycles. The number of rotatable bonds is 8. The Kier molecular flexibility index (Phi) is 7.33. The monoisotopic (exact) mass is 315 g/mol. The van der Waals surface area contributed by atoms with Crippen LogP contribution in [-0.4, -0.2) is 6.54 Å². The van der Waals surface area contributed by atoms with Gasteiger partial charge in [0.05, 0.1) is 4.47 Å². The van der Waals surface area contributed by atoms with Gasteiger partial charge in [-0.15, -0.1) is 0 Å². The van der Waals surface area contributed by atoms with Gasteiger partial charge in [0.15, 0.2) is 0 Å². The molecule has 18 heavy (non-hydrogen) atoms. The molecule has 0 amide bonds. The molecular weight excluding hydrogens is 293 g/mol. The van der Waals surface area contributed by atoms with Crippen molar-refractivity contribution in [3.05, 3.63) is 28.0 Å². The largest absolute Gasteiger partial charge is 0.385 e. The molecule has 0 bridgehead atoms. The van der Waals surface area contributed by atoms with E-state index in [-0.39, 0.29) is 5.82 Å². The van der Waals surface area contributed by atoms with Crippen LogP contribution in [0.15, 0.2) is 16.6 Å². The minimum atomic E-state index is -0.197. The Balaban J connectivity index is 2.25. The van der Waals surface area contributed by atoms with Crippen LogP contribution in [0, 0.1) is 12.7 Å². The van der Waals surface area contributed by atoms with E-state index in [0.717, 1.165) is 17.8 Å². The zero-order chi connectivity index (χ0) is 13.4. The molecule has 0 aliphatic rings. The maximum atomic E-state index is 13.2. The lowest BCUT2D eigenvalue weighted by Crippen LogP contribution is -2.03. The molecule has 0 fully saturated rings. The smallest absolute Gasteiger partial charge is 0.137 e. The molecule has 0 aromatic heterocycles. The molecule has 1 N–H and O–H groups in total. The molecule has 1 rings (SSSR count). The van der Waals surface area contributed by atoms with Crippen LogP contribution in [0.2, 0.25) is 0 Å². The summed E-state index contributed by atoms with van der Waals surface area (Å²) in [5.41, 5.74) is 1.98. The molecule has 0 unspecified atom stereocenters. The zero-order valence-corrected chi connectivity index (χ0v) is 12.9. The van der Waals surface area contributed by atoms with Crippen molar-refractivity contribution in [3.8, 4) is 0 Å².